The van der Waals surface area contributed by atoms with E-state index >= 15 is 0 Å². The maximum absolute atomic E-state index is 12.5. The lowest BCUT2D eigenvalue weighted by molar-refractivity contribution is -0.385. The molecule has 2 aromatic carbocycles. The zero-order valence-electron chi connectivity index (χ0n) is 12.4. The van der Waals surface area contributed by atoms with Gasteiger partial charge in [-0.1, -0.05) is 30.3 Å². The second kappa shape index (κ2) is 5.93. The summed E-state index contributed by atoms with van der Waals surface area (Å²) in [5.41, 5.74) is 1.06. The zero-order chi connectivity index (χ0) is 17.3. The first-order chi connectivity index (χ1) is 11.5. The van der Waals surface area contributed by atoms with E-state index in [9.17, 15) is 19.7 Å². The van der Waals surface area contributed by atoms with E-state index < -0.39 is 16.7 Å². The number of hydrogen-bond donors (Lipinski definition) is 0. The summed E-state index contributed by atoms with van der Waals surface area (Å²) in [4.78, 5) is 36.3. The number of nitro benzene ring substituents is 1. The maximum atomic E-state index is 12.5. The molecule has 3 rings (SSSR count). The summed E-state index contributed by atoms with van der Waals surface area (Å²) in [6.45, 7) is 0.0241. The Kier molecular flexibility index (Phi) is 3.80. The van der Waals surface area contributed by atoms with Crippen molar-refractivity contribution in [3.63, 3.8) is 0 Å². The first kappa shape index (κ1) is 15.4. The van der Waals surface area contributed by atoms with Crippen LogP contribution in [0.15, 0.2) is 42.5 Å². The van der Waals surface area contributed by atoms with Gasteiger partial charge in [0.15, 0.2) is 0 Å². The van der Waals surface area contributed by atoms with E-state index in [0.29, 0.717) is 5.56 Å². The third kappa shape index (κ3) is 2.50. The molecule has 24 heavy (non-hydrogen) atoms. The lowest BCUT2D eigenvalue weighted by Crippen LogP contribution is -2.29. The number of rotatable bonds is 4. The van der Waals surface area contributed by atoms with E-state index in [1.54, 1.807) is 24.3 Å². The molecule has 1 aliphatic heterocycles. The number of amides is 2. The van der Waals surface area contributed by atoms with E-state index in [2.05, 4.69) is 0 Å². The number of nitriles is 1. The van der Waals surface area contributed by atoms with Crippen LogP contribution in [0.2, 0.25) is 0 Å². The third-order valence-corrected chi connectivity index (χ3v) is 3.82. The Balaban J connectivity index is 1.90. The maximum Gasteiger partial charge on any atom is 0.282 e. The Bertz CT molecular complexity index is 897. The number of fused-ring (bicyclic) bond motifs is 1. The largest absolute Gasteiger partial charge is 0.282 e. The van der Waals surface area contributed by atoms with Gasteiger partial charge in [-0.05, 0) is 17.2 Å². The third-order valence-electron chi connectivity index (χ3n) is 3.82. The van der Waals surface area contributed by atoms with Gasteiger partial charge in [0.1, 0.15) is 5.56 Å². The van der Waals surface area contributed by atoms with Crippen molar-refractivity contribution >= 4 is 17.5 Å². The number of benzene rings is 2. The molecule has 0 N–H and O–H groups in total. The summed E-state index contributed by atoms with van der Waals surface area (Å²) in [6, 6.07) is 13.0. The molecule has 2 amide bonds. The lowest BCUT2D eigenvalue weighted by Gasteiger charge is -2.13. The number of nitrogens with zero attached hydrogens (tertiary/aromatic N) is 3. The molecule has 0 spiro atoms. The molecule has 0 radical (unpaired) electrons. The predicted octanol–water partition coefficient (Wildman–Crippen LogP) is 2.46. The standard InChI is InChI=1S/C17H11N3O4/c18-9-8-11-4-6-12(7-5-11)10-19-16(21)13-2-1-3-14(20(23)24)15(13)17(19)22/h1-7H,8,10H2. The van der Waals surface area contributed by atoms with Crippen LogP contribution in [-0.4, -0.2) is 21.6 Å². The Hall–Kier alpha value is -3.53. The quantitative estimate of drug-likeness (QED) is 0.488. The van der Waals surface area contributed by atoms with Crippen LogP contribution in [0.1, 0.15) is 31.8 Å². The van der Waals surface area contributed by atoms with Gasteiger partial charge in [0, 0.05) is 6.07 Å². The molecule has 0 atom stereocenters. The number of carbonyl (C=O) groups is 2. The van der Waals surface area contributed by atoms with Crippen LogP contribution in [0, 0.1) is 21.4 Å². The monoisotopic (exact) mass is 321 g/mol. The van der Waals surface area contributed by atoms with Crippen LogP contribution in [0.4, 0.5) is 5.69 Å². The van der Waals surface area contributed by atoms with Gasteiger partial charge < -0.3 is 0 Å². The Morgan fingerprint density at radius 3 is 2.33 bits per heavy atom. The van der Waals surface area contributed by atoms with Crippen molar-refractivity contribution < 1.29 is 14.5 Å². The predicted molar refractivity (Wildman–Crippen MR) is 83.1 cm³/mol. The molecule has 0 bridgehead atoms. The number of nitro groups is 1. The summed E-state index contributed by atoms with van der Waals surface area (Å²) in [5, 5.41) is 19.7. The minimum atomic E-state index is -0.664. The molecule has 0 aromatic heterocycles. The molecule has 118 valence electrons. The fourth-order valence-electron chi connectivity index (χ4n) is 2.65. The van der Waals surface area contributed by atoms with Crippen LogP contribution >= 0.6 is 0 Å². The van der Waals surface area contributed by atoms with E-state index in [1.807, 2.05) is 6.07 Å². The fourth-order valence-corrected chi connectivity index (χ4v) is 2.65. The topological polar surface area (TPSA) is 104 Å². The Labute approximate surface area is 136 Å². The van der Waals surface area contributed by atoms with E-state index in [0.717, 1.165) is 10.5 Å². The van der Waals surface area contributed by atoms with Crippen LogP contribution in [0.3, 0.4) is 0 Å². The molecule has 0 saturated heterocycles. The van der Waals surface area contributed by atoms with Crippen LogP contribution in [0.5, 0.6) is 0 Å². The van der Waals surface area contributed by atoms with Gasteiger partial charge in [0.2, 0.25) is 0 Å². The minimum Gasteiger partial charge on any atom is -0.270 e. The average Bonchev–Trinajstić information content (AvgIpc) is 2.82. The van der Waals surface area contributed by atoms with Crippen molar-refractivity contribution in [3.05, 3.63) is 74.8 Å². The normalized spacial score (nSPS) is 12.9. The number of imide groups is 1. The SMILES string of the molecule is N#CCc1ccc(CN2C(=O)c3cccc([N+](=O)[O-])c3C2=O)cc1. The highest BCUT2D eigenvalue weighted by atomic mass is 16.6. The molecule has 0 saturated carbocycles. The molecule has 1 heterocycles. The summed E-state index contributed by atoms with van der Waals surface area (Å²) in [6.07, 6.45) is 0.277. The summed E-state index contributed by atoms with van der Waals surface area (Å²) >= 11 is 0. The van der Waals surface area contributed by atoms with Crippen molar-refractivity contribution in [1.29, 1.82) is 5.26 Å². The molecular formula is C17H11N3O4. The average molecular weight is 321 g/mol. The Morgan fingerprint density at radius 1 is 1.04 bits per heavy atom. The van der Waals surface area contributed by atoms with Crippen LogP contribution in [-0.2, 0) is 13.0 Å². The van der Waals surface area contributed by atoms with Gasteiger partial charge in [-0.15, -0.1) is 0 Å². The van der Waals surface area contributed by atoms with Crippen LogP contribution < -0.4 is 0 Å². The highest BCUT2D eigenvalue weighted by Crippen LogP contribution is 2.31. The van der Waals surface area contributed by atoms with E-state index in [4.69, 9.17) is 5.26 Å². The van der Waals surface area contributed by atoms with Crippen LogP contribution in [0.25, 0.3) is 0 Å². The van der Waals surface area contributed by atoms with Gasteiger partial charge >= 0.3 is 0 Å². The van der Waals surface area contributed by atoms with E-state index in [1.165, 1.54) is 18.2 Å². The van der Waals surface area contributed by atoms with Crippen molar-refractivity contribution in [3.8, 4) is 6.07 Å². The van der Waals surface area contributed by atoms with Crippen molar-refractivity contribution in [2.24, 2.45) is 0 Å². The molecule has 0 aliphatic carbocycles. The molecular weight excluding hydrogens is 310 g/mol. The first-order valence-electron chi connectivity index (χ1n) is 7.11. The van der Waals surface area contributed by atoms with Gasteiger partial charge in [-0.2, -0.15) is 5.26 Å². The molecule has 7 nitrogen and oxygen atoms in total. The first-order valence-corrected chi connectivity index (χ1v) is 7.11. The molecule has 1 aliphatic rings. The van der Waals surface area contributed by atoms with Crippen molar-refractivity contribution in [1.82, 2.24) is 4.90 Å². The Morgan fingerprint density at radius 2 is 1.71 bits per heavy atom. The number of carbonyl (C=O) groups excluding carboxylic acids is 2. The van der Waals surface area contributed by atoms with E-state index in [-0.39, 0.29) is 29.8 Å². The molecule has 7 heteroatoms. The van der Waals surface area contributed by atoms with Gasteiger partial charge in [-0.25, -0.2) is 0 Å². The van der Waals surface area contributed by atoms with Crippen molar-refractivity contribution in [2.45, 2.75) is 13.0 Å². The molecule has 2 aromatic rings. The summed E-state index contributed by atoms with van der Waals surface area (Å²) in [7, 11) is 0. The summed E-state index contributed by atoms with van der Waals surface area (Å²) < 4.78 is 0. The highest BCUT2D eigenvalue weighted by Gasteiger charge is 2.40. The van der Waals surface area contributed by atoms with Gasteiger partial charge in [0.05, 0.1) is 29.5 Å². The smallest absolute Gasteiger partial charge is 0.270 e. The second-order valence-corrected chi connectivity index (χ2v) is 5.30. The zero-order valence-corrected chi connectivity index (χ0v) is 12.4. The van der Waals surface area contributed by atoms with Gasteiger partial charge in [0.25, 0.3) is 17.5 Å². The summed E-state index contributed by atoms with van der Waals surface area (Å²) in [5.74, 6) is -1.21. The minimum absolute atomic E-state index is 0.0241. The number of hydrogen-bond acceptors (Lipinski definition) is 5. The van der Waals surface area contributed by atoms with Gasteiger partial charge in [-0.3, -0.25) is 24.6 Å². The van der Waals surface area contributed by atoms with Crippen molar-refractivity contribution in [2.75, 3.05) is 0 Å². The second-order valence-electron chi connectivity index (χ2n) is 5.30. The molecule has 0 unspecified atom stereocenters. The highest BCUT2D eigenvalue weighted by molar-refractivity contribution is 6.23. The fraction of sp³-hybridized carbons (Fsp3) is 0.118. The molecule has 0 fully saturated rings. The lowest BCUT2D eigenvalue weighted by atomic mass is 10.1.